The van der Waals surface area contributed by atoms with E-state index in [0.29, 0.717) is 17.2 Å². The second-order valence-electron chi connectivity index (χ2n) is 8.25. The van der Waals surface area contributed by atoms with Gasteiger partial charge in [-0.2, -0.15) is 10.4 Å². The third kappa shape index (κ3) is 4.20. The highest BCUT2D eigenvalue weighted by molar-refractivity contribution is 5.87. The topological polar surface area (TPSA) is 109 Å². The molecule has 1 aliphatic heterocycles. The molecule has 2 N–H and O–H groups in total. The highest BCUT2D eigenvalue weighted by atomic mass is 16.5. The normalized spacial score (nSPS) is 17.7. The number of nitrogens with one attached hydrogen (secondary N) is 2. The fourth-order valence-corrected chi connectivity index (χ4v) is 4.15. The maximum absolute atomic E-state index is 9.14. The molecule has 0 bridgehead atoms. The lowest BCUT2D eigenvalue weighted by molar-refractivity contribution is -0.0408. The number of benzene rings is 1. The average molecular weight is 428 g/mol. The zero-order valence-corrected chi connectivity index (χ0v) is 17.6. The summed E-state index contributed by atoms with van der Waals surface area (Å²) in [6.07, 6.45) is 9.30. The third-order valence-electron chi connectivity index (χ3n) is 5.87. The van der Waals surface area contributed by atoms with Crippen molar-refractivity contribution in [2.45, 2.75) is 31.9 Å². The number of aromatic nitrogens is 3. The van der Waals surface area contributed by atoms with Gasteiger partial charge in [-0.15, -0.1) is 0 Å². The molecule has 1 unspecified atom stereocenters. The van der Waals surface area contributed by atoms with Crippen LogP contribution in [0.25, 0.3) is 0 Å². The molecular weight excluding hydrogens is 404 g/mol. The molecule has 8 nitrogen and oxygen atoms in total. The Morgan fingerprint density at radius 3 is 3.00 bits per heavy atom. The summed E-state index contributed by atoms with van der Waals surface area (Å²) in [5, 5.41) is 24.7. The molecule has 2 aliphatic rings. The Kier molecular flexibility index (Phi) is 5.57. The van der Waals surface area contributed by atoms with Gasteiger partial charge in [0.1, 0.15) is 17.9 Å². The van der Waals surface area contributed by atoms with Crippen molar-refractivity contribution in [3.63, 3.8) is 0 Å². The lowest BCUT2D eigenvalue weighted by Gasteiger charge is -2.25. The first-order valence-electron chi connectivity index (χ1n) is 10.8. The Labute approximate surface area is 186 Å². The number of pyridine rings is 1. The molecule has 1 aromatic carbocycles. The van der Waals surface area contributed by atoms with Gasteiger partial charge in [0.25, 0.3) is 0 Å². The summed E-state index contributed by atoms with van der Waals surface area (Å²) >= 11 is 0. The van der Waals surface area contributed by atoms with Crippen molar-refractivity contribution in [1.29, 1.82) is 10.7 Å². The van der Waals surface area contributed by atoms with Gasteiger partial charge >= 0.3 is 0 Å². The minimum Gasteiger partial charge on any atom is -0.484 e. The highest BCUT2D eigenvalue weighted by Crippen LogP contribution is 2.34. The smallest absolute Gasteiger partial charge is 0.141 e. The zero-order chi connectivity index (χ0) is 21.9. The molecule has 8 heteroatoms. The zero-order valence-electron chi connectivity index (χ0n) is 17.6. The lowest BCUT2D eigenvalue weighted by Crippen LogP contribution is -2.31. The maximum atomic E-state index is 9.14. The van der Waals surface area contributed by atoms with Crippen LogP contribution in [-0.2, 0) is 17.7 Å². The minimum atomic E-state index is -0.155. The van der Waals surface area contributed by atoms with E-state index in [2.05, 4.69) is 21.5 Å². The van der Waals surface area contributed by atoms with Crippen LogP contribution in [0.4, 0.5) is 11.4 Å². The van der Waals surface area contributed by atoms with Crippen LogP contribution < -0.4 is 10.1 Å². The molecule has 1 saturated heterocycles. The van der Waals surface area contributed by atoms with Gasteiger partial charge in [0.05, 0.1) is 42.0 Å². The second kappa shape index (κ2) is 8.81. The van der Waals surface area contributed by atoms with Crippen molar-refractivity contribution in [3.8, 4) is 11.8 Å². The largest absolute Gasteiger partial charge is 0.484 e. The van der Waals surface area contributed by atoms with Gasteiger partial charge in [0.15, 0.2) is 0 Å². The molecular formula is C24H24N6O2. The van der Waals surface area contributed by atoms with Gasteiger partial charge in [0, 0.05) is 42.7 Å². The van der Waals surface area contributed by atoms with Crippen molar-refractivity contribution in [2.75, 3.05) is 18.5 Å². The maximum Gasteiger partial charge on any atom is 0.141 e. The molecule has 1 aliphatic carbocycles. The number of aryl methyl sites for hydroxylation is 1. The van der Waals surface area contributed by atoms with E-state index in [0.717, 1.165) is 67.2 Å². The number of hydrogen-bond donors (Lipinski definition) is 2. The second-order valence-corrected chi connectivity index (χ2v) is 8.25. The molecule has 2 aromatic heterocycles. The minimum absolute atomic E-state index is 0.155. The van der Waals surface area contributed by atoms with Gasteiger partial charge in [-0.3, -0.25) is 9.67 Å². The first-order chi connectivity index (χ1) is 15.7. The highest BCUT2D eigenvalue weighted by Gasteiger charge is 2.24. The van der Waals surface area contributed by atoms with E-state index in [1.807, 2.05) is 35.1 Å². The van der Waals surface area contributed by atoms with Gasteiger partial charge in [-0.25, -0.2) is 0 Å². The first kappa shape index (κ1) is 20.2. The van der Waals surface area contributed by atoms with E-state index >= 15 is 0 Å². The monoisotopic (exact) mass is 428 g/mol. The summed E-state index contributed by atoms with van der Waals surface area (Å²) in [6.45, 7) is 2.41. The van der Waals surface area contributed by atoms with Gasteiger partial charge in [-0.1, -0.05) is 0 Å². The van der Waals surface area contributed by atoms with Gasteiger partial charge in [-0.05, 0) is 43.0 Å². The Morgan fingerprint density at radius 1 is 1.31 bits per heavy atom. The third-order valence-corrected chi connectivity index (χ3v) is 5.87. The Morgan fingerprint density at radius 2 is 2.22 bits per heavy atom. The Hall–Kier alpha value is -3.70. The van der Waals surface area contributed by atoms with Crippen molar-refractivity contribution in [2.24, 2.45) is 5.92 Å². The Bertz CT molecular complexity index is 1180. The number of anilines is 2. The van der Waals surface area contributed by atoms with E-state index in [9.17, 15) is 0 Å². The van der Waals surface area contributed by atoms with Crippen LogP contribution in [0.15, 0.2) is 42.9 Å². The molecule has 3 aromatic rings. The summed E-state index contributed by atoms with van der Waals surface area (Å²) < 4.78 is 13.5. The molecule has 162 valence electrons. The molecule has 5 rings (SSSR count). The average Bonchev–Trinajstić information content (AvgIpc) is 3.23. The number of fused-ring (bicyclic) bond motifs is 1. The van der Waals surface area contributed by atoms with Crippen LogP contribution in [-0.4, -0.2) is 34.2 Å². The van der Waals surface area contributed by atoms with Crippen molar-refractivity contribution in [1.82, 2.24) is 14.8 Å². The number of ether oxygens (including phenoxy) is 2. The molecule has 1 atom stereocenters. The molecule has 0 radical (unpaired) electrons. The number of nitriles is 1. The standard InChI is InChI=1S/C24H24N6O2/c25-8-16-6-18-2-1-3-23(24(18)27-10-16)32-21-5-4-19(9-26)22(7-21)29-20-11-28-30(13-20)12-17-14-31-15-17/h4-7,9-11,13,17,23,26,29H,1-3,12,14-15H2. The quantitative estimate of drug-likeness (QED) is 0.551. The molecule has 0 amide bonds. The van der Waals surface area contributed by atoms with Crippen LogP contribution in [0.3, 0.4) is 0 Å². The van der Waals surface area contributed by atoms with E-state index in [1.54, 1.807) is 12.4 Å². The number of hydrogen-bond acceptors (Lipinski definition) is 7. The SMILES string of the molecule is N#Cc1cnc2c(c1)CCCC2Oc1ccc(C=N)c(Nc2cnn(CC3COC3)c2)c1. The van der Waals surface area contributed by atoms with Crippen molar-refractivity contribution in [3.05, 3.63) is 65.2 Å². The first-order valence-corrected chi connectivity index (χ1v) is 10.8. The van der Waals surface area contributed by atoms with Crippen molar-refractivity contribution >= 4 is 17.6 Å². The van der Waals surface area contributed by atoms with Crippen LogP contribution >= 0.6 is 0 Å². The van der Waals surface area contributed by atoms with Gasteiger partial charge < -0.3 is 20.2 Å². The van der Waals surface area contributed by atoms with Crippen LogP contribution in [0.2, 0.25) is 0 Å². The fraction of sp³-hybridized carbons (Fsp3) is 0.333. The molecule has 0 saturated carbocycles. The number of rotatable bonds is 7. The fourth-order valence-electron chi connectivity index (χ4n) is 4.15. The summed E-state index contributed by atoms with van der Waals surface area (Å²) in [5.41, 5.74) is 4.98. The van der Waals surface area contributed by atoms with E-state index in [4.69, 9.17) is 20.1 Å². The van der Waals surface area contributed by atoms with E-state index in [1.165, 1.54) is 6.21 Å². The van der Waals surface area contributed by atoms with Crippen LogP contribution in [0, 0.1) is 22.7 Å². The lowest BCUT2D eigenvalue weighted by atomic mass is 9.93. The molecule has 32 heavy (non-hydrogen) atoms. The summed E-state index contributed by atoms with van der Waals surface area (Å²) in [4.78, 5) is 4.51. The molecule has 3 heterocycles. The van der Waals surface area contributed by atoms with Gasteiger partial charge in [0.2, 0.25) is 0 Å². The molecule has 0 spiro atoms. The van der Waals surface area contributed by atoms with Crippen LogP contribution in [0.1, 0.15) is 41.3 Å². The predicted molar refractivity (Wildman–Crippen MR) is 119 cm³/mol. The predicted octanol–water partition coefficient (Wildman–Crippen LogP) is 3.99. The molecule has 1 fully saturated rings. The summed E-state index contributed by atoms with van der Waals surface area (Å²) in [5.74, 6) is 1.23. The van der Waals surface area contributed by atoms with E-state index < -0.39 is 0 Å². The summed E-state index contributed by atoms with van der Waals surface area (Å²) in [6, 6.07) is 9.73. The number of nitrogens with zero attached hydrogens (tertiary/aromatic N) is 4. The Balaban J connectivity index is 1.34. The van der Waals surface area contributed by atoms with Crippen molar-refractivity contribution < 1.29 is 9.47 Å². The summed E-state index contributed by atoms with van der Waals surface area (Å²) in [7, 11) is 0. The van der Waals surface area contributed by atoms with E-state index in [-0.39, 0.29) is 6.10 Å². The van der Waals surface area contributed by atoms with Crippen LogP contribution in [0.5, 0.6) is 5.75 Å².